The minimum absolute atomic E-state index is 0.305. The molecule has 0 N–H and O–H groups in total. The maximum atomic E-state index is 12.4. The van der Waals surface area contributed by atoms with Gasteiger partial charge in [-0.05, 0) is 68.4 Å². The van der Waals surface area contributed by atoms with Gasteiger partial charge in [0, 0.05) is 25.3 Å². The Morgan fingerprint density at radius 3 is 2.74 bits per heavy atom. The van der Waals surface area contributed by atoms with E-state index in [2.05, 4.69) is 46.8 Å². The molecule has 6 nitrogen and oxygen atoms in total. The van der Waals surface area contributed by atoms with Crippen LogP contribution in [0.2, 0.25) is 0 Å². The van der Waals surface area contributed by atoms with E-state index in [4.69, 9.17) is 4.42 Å². The largest absolute Gasteiger partial charge is 0.461 e. The highest BCUT2D eigenvalue weighted by Gasteiger charge is 2.20. The second kappa shape index (κ2) is 10.2. The molecule has 7 heteroatoms. The minimum Gasteiger partial charge on any atom is -0.461 e. The molecule has 31 heavy (non-hydrogen) atoms. The fourth-order valence-corrected chi connectivity index (χ4v) is 4.84. The van der Waals surface area contributed by atoms with Gasteiger partial charge in [-0.15, -0.1) is 10.2 Å². The first-order chi connectivity index (χ1) is 15.1. The normalized spacial score (nSPS) is 14.8. The Morgan fingerprint density at radius 2 is 2.00 bits per heavy atom. The molecule has 0 spiro atoms. The van der Waals surface area contributed by atoms with Crippen LogP contribution in [0.1, 0.15) is 44.6 Å². The maximum Gasteiger partial charge on any atom is 0.222 e. The molecule has 2 aromatic heterocycles. The molecule has 3 aromatic rings. The number of carbonyl (C=O) groups is 1. The molecular weight excluding hydrogens is 408 g/mol. The van der Waals surface area contributed by atoms with Gasteiger partial charge < -0.3 is 9.32 Å². The van der Waals surface area contributed by atoms with Gasteiger partial charge in [0.25, 0.3) is 0 Å². The van der Waals surface area contributed by atoms with Gasteiger partial charge in [-0.1, -0.05) is 30.8 Å². The molecule has 0 radical (unpaired) electrons. The average molecular weight is 439 g/mol. The minimum atomic E-state index is 0.305. The molecule has 1 aromatic carbocycles. The van der Waals surface area contributed by atoms with Crippen LogP contribution in [-0.4, -0.2) is 44.4 Å². The fraction of sp³-hybridized carbons (Fsp3) is 0.458. The van der Waals surface area contributed by atoms with E-state index >= 15 is 0 Å². The second-order valence-electron chi connectivity index (χ2n) is 8.33. The molecule has 3 heterocycles. The number of furan rings is 1. The Balaban J connectivity index is 1.36. The van der Waals surface area contributed by atoms with E-state index in [0.717, 1.165) is 61.3 Å². The van der Waals surface area contributed by atoms with E-state index in [-0.39, 0.29) is 0 Å². The van der Waals surface area contributed by atoms with Crippen LogP contribution in [0, 0.1) is 12.8 Å². The Labute approximate surface area is 188 Å². The van der Waals surface area contributed by atoms with Crippen LogP contribution in [-0.2, 0) is 4.79 Å². The molecule has 1 fully saturated rings. The molecule has 0 bridgehead atoms. The van der Waals surface area contributed by atoms with Crippen molar-refractivity contribution in [2.24, 2.45) is 5.92 Å². The summed E-state index contributed by atoms with van der Waals surface area (Å²) in [7, 11) is 0. The number of unbranched alkanes of at least 4 members (excludes halogenated alkanes) is 1. The van der Waals surface area contributed by atoms with Crippen molar-refractivity contribution >= 4 is 17.7 Å². The van der Waals surface area contributed by atoms with E-state index < -0.39 is 0 Å². The smallest absolute Gasteiger partial charge is 0.222 e. The molecule has 4 rings (SSSR count). The standard InChI is InChI=1S/C24H30N4O2S/c1-18-11-13-27(14-12-18)22(29)10-3-4-16-31-24-26-25-23(21-9-6-15-30-21)28(24)20-8-5-7-19(2)17-20/h5-9,15,17-18H,3-4,10-14,16H2,1-2H3. The van der Waals surface area contributed by atoms with Crippen LogP contribution in [0.5, 0.6) is 0 Å². The molecule has 164 valence electrons. The molecule has 1 aliphatic rings. The summed E-state index contributed by atoms with van der Waals surface area (Å²) in [6.45, 7) is 6.19. The zero-order valence-electron chi connectivity index (χ0n) is 18.3. The van der Waals surface area contributed by atoms with Gasteiger partial charge in [-0.3, -0.25) is 9.36 Å². The van der Waals surface area contributed by atoms with Crippen molar-refractivity contribution in [1.29, 1.82) is 0 Å². The molecular formula is C24H30N4O2S. The summed E-state index contributed by atoms with van der Waals surface area (Å²) in [5.74, 6) is 3.35. The second-order valence-corrected chi connectivity index (χ2v) is 9.39. The Hall–Kier alpha value is -2.54. The van der Waals surface area contributed by atoms with Crippen molar-refractivity contribution in [2.75, 3.05) is 18.8 Å². The number of aryl methyl sites for hydroxylation is 1. The zero-order chi connectivity index (χ0) is 21.6. The van der Waals surface area contributed by atoms with Crippen molar-refractivity contribution in [3.05, 3.63) is 48.2 Å². The number of rotatable bonds is 8. The first-order valence-electron chi connectivity index (χ1n) is 11.1. The summed E-state index contributed by atoms with van der Waals surface area (Å²) in [6, 6.07) is 12.1. The van der Waals surface area contributed by atoms with Gasteiger partial charge in [0.2, 0.25) is 11.7 Å². The van der Waals surface area contributed by atoms with E-state index in [1.165, 1.54) is 5.56 Å². The van der Waals surface area contributed by atoms with Crippen molar-refractivity contribution in [3.63, 3.8) is 0 Å². The lowest BCUT2D eigenvalue weighted by Crippen LogP contribution is -2.37. The van der Waals surface area contributed by atoms with Crippen LogP contribution >= 0.6 is 11.8 Å². The van der Waals surface area contributed by atoms with Gasteiger partial charge in [0.15, 0.2) is 10.9 Å². The number of hydrogen-bond acceptors (Lipinski definition) is 5. The van der Waals surface area contributed by atoms with Crippen molar-refractivity contribution in [2.45, 2.75) is 51.1 Å². The summed E-state index contributed by atoms with van der Waals surface area (Å²) in [5.41, 5.74) is 2.20. The van der Waals surface area contributed by atoms with Crippen LogP contribution in [0.25, 0.3) is 17.3 Å². The molecule has 1 saturated heterocycles. The van der Waals surface area contributed by atoms with Crippen LogP contribution in [0.4, 0.5) is 0 Å². The summed E-state index contributed by atoms with van der Waals surface area (Å²) in [5, 5.41) is 9.67. The first-order valence-corrected chi connectivity index (χ1v) is 12.1. The first kappa shape index (κ1) is 21.7. The average Bonchev–Trinajstić information content (AvgIpc) is 3.43. The zero-order valence-corrected chi connectivity index (χ0v) is 19.1. The van der Waals surface area contributed by atoms with E-state index in [9.17, 15) is 4.79 Å². The van der Waals surface area contributed by atoms with E-state index in [0.29, 0.717) is 23.9 Å². The van der Waals surface area contributed by atoms with E-state index in [1.807, 2.05) is 23.1 Å². The molecule has 0 saturated carbocycles. The fourth-order valence-electron chi connectivity index (χ4n) is 3.89. The monoisotopic (exact) mass is 438 g/mol. The lowest BCUT2D eigenvalue weighted by Gasteiger charge is -2.30. The number of benzene rings is 1. The van der Waals surface area contributed by atoms with Gasteiger partial charge in [0.1, 0.15) is 0 Å². The third-order valence-electron chi connectivity index (χ3n) is 5.79. The third-order valence-corrected chi connectivity index (χ3v) is 6.80. The summed E-state index contributed by atoms with van der Waals surface area (Å²) in [4.78, 5) is 14.5. The van der Waals surface area contributed by atoms with Crippen LogP contribution < -0.4 is 0 Å². The van der Waals surface area contributed by atoms with Crippen molar-refractivity contribution in [1.82, 2.24) is 19.7 Å². The predicted octanol–water partition coefficient (Wildman–Crippen LogP) is 5.36. The van der Waals surface area contributed by atoms with Gasteiger partial charge >= 0.3 is 0 Å². The lowest BCUT2D eigenvalue weighted by atomic mass is 9.99. The van der Waals surface area contributed by atoms with Crippen LogP contribution in [0.3, 0.4) is 0 Å². The lowest BCUT2D eigenvalue weighted by molar-refractivity contribution is -0.132. The molecule has 1 aliphatic heterocycles. The van der Waals surface area contributed by atoms with Crippen LogP contribution in [0.15, 0.2) is 52.2 Å². The Morgan fingerprint density at radius 1 is 1.16 bits per heavy atom. The highest BCUT2D eigenvalue weighted by Crippen LogP contribution is 2.29. The van der Waals surface area contributed by atoms with Crippen molar-refractivity contribution in [3.8, 4) is 17.3 Å². The quantitative estimate of drug-likeness (QED) is 0.350. The number of piperidine rings is 1. The molecule has 0 unspecified atom stereocenters. The summed E-state index contributed by atoms with van der Waals surface area (Å²) >= 11 is 1.68. The number of amides is 1. The van der Waals surface area contributed by atoms with Crippen molar-refractivity contribution < 1.29 is 9.21 Å². The Bertz CT molecular complexity index is 991. The van der Waals surface area contributed by atoms with E-state index in [1.54, 1.807) is 18.0 Å². The summed E-state index contributed by atoms with van der Waals surface area (Å²) in [6.07, 6.45) is 6.43. The number of thioether (sulfide) groups is 1. The predicted molar refractivity (Wildman–Crippen MR) is 123 cm³/mol. The Kier molecular flexibility index (Phi) is 7.12. The SMILES string of the molecule is Cc1cccc(-n2c(SCCCCC(=O)N3CCC(C)CC3)nnc2-c2ccco2)c1. The number of carbonyl (C=O) groups excluding carboxylic acids is 1. The topological polar surface area (TPSA) is 64.2 Å². The number of nitrogens with zero attached hydrogens (tertiary/aromatic N) is 4. The molecule has 0 aliphatic carbocycles. The van der Waals surface area contributed by atoms with Gasteiger partial charge in [-0.2, -0.15) is 0 Å². The number of likely N-dealkylation sites (tertiary alicyclic amines) is 1. The molecule has 1 amide bonds. The van der Waals surface area contributed by atoms with Gasteiger partial charge in [-0.25, -0.2) is 0 Å². The number of hydrogen-bond donors (Lipinski definition) is 0. The number of aromatic nitrogens is 3. The highest BCUT2D eigenvalue weighted by molar-refractivity contribution is 7.99. The highest BCUT2D eigenvalue weighted by atomic mass is 32.2. The summed E-state index contributed by atoms with van der Waals surface area (Å²) < 4.78 is 7.64. The third kappa shape index (κ3) is 5.39. The maximum absolute atomic E-state index is 12.4. The molecule has 0 atom stereocenters. The van der Waals surface area contributed by atoms with Gasteiger partial charge in [0.05, 0.1) is 12.0 Å².